The number of rotatable bonds is 4. The molecule has 0 bridgehead atoms. The van der Waals surface area contributed by atoms with Gasteiger partial charge in [-0.25, -0.2) is 4.98 Å². The van der Waals surface area contributed by atoms with Crippen molar-refractivity contribution in [1.29, 1.82) is 5.26 Å². The van der Waals surface area contributed by atoms with Crippen LogP contribution in [-0.2, 0) is 0 Å². The van der Waals surface area contributed by atoms with Crippen LogP contribution < -0.4 is 15.1 Å². The second kappa shape index (κ2) is 8.15. The van der Waals surface area contributed by atoms with E-state index in [0.29, 0.717) is 11.5 Å². The molecule has 0 atom stereocenters. The molecule has 1 aliphatic heterocycles. The van der Waals surface area contributed by atoms with Gasteiger partial charge in [-0.2, -0.15) is 10.2 Å². The van der Waals surface area contributed by atoms with Crippen LogP contribution in [0.5, 0.6) is 0 Å². The molecule has 0 radical (unpaired) electrons. The number of nitrogens with one attached hydrogen (secondary N) is 1. The van der Waals surface area contributed by atoms with Crippen LogP contribution in [0.15, 0.2) is 60.8 Å². The summed E-state index contributed by atoms with van der Waals surface area (Å²) in [6, 6.07) is 19.3. The van der Waals surface area contributed by atoms with Gasteiger partial charge in [0.2, 0.25) is 5.95 Å². The number of aromatic nitrogens is 2. The Morgan fingerprint density at radius 3 is 2.54 bits per heavy atom. The lowest BCUT2D eigenvalue weighted by molar-refractivity contribution is 0.647. The fourth-order valence-electron chi connectivity index (χ4n) is 3.25. The molecule has 7 heteroatoms. The predicted molar refractivity (Wildman–Crippen MR) is 112 cm³/mol. The van der Waals surface area contributed by atoms with E-state index in [9.17, 15) is 0 Å². The summed E-state index contributed by atoms with van der Waals surface area (Å²) in [7, 11) is 0. The van der Waals surface area contributed by atoms with Crippen LogP contribution in [0.1, 0.15) is 5.56 Å². The van der Waals surface area contributed by atoms with Crippen molar-refractivity contribution >= 4 is 34.7 Å². The molecule has 140 valence electrons. The maximum Gasteiger partial charge on any atom is 0.229 e. The van der Waals surface area contributed by atoms with Crippen LogP contribution in [0.2, 0.25) is 5.02 Å². The zero-order valence-corrected chi connectivity index (χ0v) is 16.0. The van der Waals surface area contributed by atoms with Gasteiger partial charge in [0.25, 0.3) is 0 Å². The molecule has 0 spiro atoms. The van der Waals surface area contributed by atoms with Crippen molar-refractivity contribution in [2.24, 2.45) is 0 Å². The largest absolute Gasteiger partial charge is 0.368 e. The van der Waals surface area contributed by atoms with E-state index >= 15 is 0 Å². The van der Waals surface area contributed by atoms with Gasteiger partial charge in [0, 0.05) is 48.8 Å². The Morgan fingerprint density at radius 1 is 0.964 bits per heavy atom. The lowest BCUT2D eigenvalue weighted by Crippen LogP contribution is -2.46. The summed E-state index contributed by atoms with van der Waals surface area (Å²) < 4.78 is 0. The van der Waals surface area contributed by atoms with Gasteiger partial charge in [0.05, 0.1) is 11.6 Å². The molecule has 4 rings (SSSR count). The van der Waals surface area contributed by atoms with Crippen LogP contribution in [0.25, 0.3) is 0 Å². The molecule has 1 fully saturated rings. The third-order valence-electron chi connectivity index (χ3n) is 4.67. The third-order valence-corrected chi connectivity index (χ3v) is 4.90. The Morgan fingerprint density at radius 2 is 1.75 bits per heavy atom. The Labute approximate surface area is 169 Å². The lowest BCUT2D eigenvalue weighted by atomic mass is 10.2. The Kier molecular flexibility index (Phi) is 5.27. The van der Waals surface area contributed by atoms with E-state index in [1.54, 1.807) is 18.3 Å². The Balaban J connectivity index is 1.43. The molecule has 2 heterocycles. The second-order valence-corrected chi connectivity index (χ2v) is 6.95. The van der Waals surface area contributed by atoms with Crippen molar-refractivity contribution in [2.75, 3.05) is 41.3 Å². The molecule has 0 unspecified atom stereocenters. The van der Waals surface area contributed by atoms with Crippen molar-refractivity contribution in [3.05, 3.63) is 71.4 Å². The minimum Gasteiger partial charge on any atom is -0.368 e. The number of nitrogens with zero attached hydrogens (tertiary/aromatic N) is 5. The molecule has 0 aliphatic carbocycles. The normalized spacial score (nSPS) is 13.9. The van der Waals surface area contributed by atoms with Crippen molar-refractivity contribution in [3.63, 3.8) is 0 Å². The number of hydrogen-bond donors (Lipinski definition) is 1. The first-order valence-electron chi connectivity index (χ1n) is 9.07. The molecule has 1 saturated heterocycles. The summed E-state index contributed by atoms with van der Waals surface area (Å²) in [5.74, 6) is 1.41. The molecule has 1 aliphatic rings. The van der Waals surface area contributed by atoms with Gasteiger partial charge in [-0.1, -0.05) is 23.7 Å². The zero-order valence-electron chi connectivity index (χ0n) is 15.2. The highest BCUT2D eigenvalue weighted by molar-refractivity contribution is 6.30. The van der Waals surface area contributed by atoms with Gasteiger partial charge >= 0.3 is 0 Å². The number of anilines is 4. The first-order valence-corrected chi connectivity index (χ1v) is 9.45. The topological polar surface area (TPSA) is 68.1 Å². The highest BCUT2D eigenvalue weighted by atomic mass is 35.5. The number of piperazine rings is 1. The molecular formula is C21H19ClN6. The number of hydrogen-bond acceptors (Lipinski definition) is 6. The quantitative estimate of drug-likeness (QED) is 0.724. The summed E-state index contributed by atoms with van der Waals surface area (Å²) in [6.45, 7) is 3.54. The van der Waals surface area contributed by atoms with E-state index in [2.05, 4.69) is 37.2 Å². The smallest absolute Gasteiger partial charge is 0.229 e. The standard InChI is InChI=1S/C21H19ClN6/c22-17-4-2-6-19(14-17)27-9-11-28(12-10-27)20-7-8-24-21(26-20)25-18-5-1-3-16(13-18)15-23/h1-8,13-14H,9-12H2,(H,24,25,26). The van der Waals surface area contributed by atoms with Crippen molar-refractivity contribution in [2.45, 2.75) is 0 Å². The van der Waals surface area contributed by atoms with Crippen LogP contribution in [-0.4, -0.2) is 36.1 Å². The molecule has 28 heavy (non-hydrogen) atoms. The second-order valence-electron chi connectivity index (χ2n) is 6.51. The number of halogens is 1. The highest BCUT2D eigenvalue weighted by Gasteiger charge is 2.19. The van der Waals surface area contributed by atoms with E-state index in [0.717, 1.165) is 48.4 Å². The van der Waals surface area contributed by atoms with Gasteiger partial charge in [0.15, 0.2) is 0 Å². The summed E-state index contributed by atoms with van der Waals surface area (Å²) in [4.78, 5) is 13.5. The van der Waals surface area contributed by atoms with Crippen LogP contribution in [0.3, 0.4) is 0 Å². The van der Waals surface area contributed by atoms with Crippen molar-refractivity contribution < 1.29 is 0 Å². The molecule has 3 aromatic rings. The van der Waals surface area contributed by atoms with E-state index in [1.807, 2.05) is 36.4 Å². The molecule has 0 saturated carbocycles. The van der Waals surface area contributed by atoms with E-state index in [4.69, 9.17) is 16.9 Å². The fourth-order valence-corrected chi connectivity index (χ4v) is 3.43. The van der Waals surface area contributed by atoms with Gasteiger partial charge in [0.1, 0.15) is 5.82 Å². The van der Waals surface area contributed by atoms with Crippen molar-refractivity contribution in [3.8, 4) is 6.07 Å². The first-order chi connectivity index (χ1) is 13.7. The average Bonchev–Trinajstić information content (AvgIpc) is 2.74. The average molecular weight is 391 g/mol. The summed E-state index contributed by atoms with van der Waals surface area (Å²) in [5, 5.41) is 13.0. The van der Waals surface area contributed by atoms with Crippen LogP contribution in [0, 0.1) is 11.3 Å². The molecule has 2 aromatic carbocycles. The SMILES string of the molecule is N#Cc1cccc(Nc2nccc(N3CCN(c4cccc(Cl)c4)CC3)n2)c1. The van der Waals surface area contributed by atoms with Gasteiger partial charge in [-0.3, -0.25) is 0 Å². The van der Waals surface area contributed by atoms with Gasteiger partial charge < -0.3 is 15.1 Å². The number of benzene rings is 2. The minimum atomic E-state index is 0.518. The van der Waals surface area contributed by atoms with E-state index in [-0.39, 0.29) is 0 Å². The Bertz CT molecular complexity index is 1010. The summed E-state index contributed by atoms with van der Waals surface area (Å²) in [6.07, 6.45) is 1.75. The first kappa shape index (κ1) is 18.1. The highest BCUT2D eigenvalue weighted by Crippen LogP contribution is 2.23. The maximum atomic E-state index is 9.03. The monoisotopic (exact) mass is 390 g/mol. The van der Waals surface area contributed by atoms with Gasteiger partial charge in [-0.05, 0) is 42.5 Å². The molecule has 6 nitrogen and oxygen atoms in total. The molecule has 1 N–H and O–H groups in total. The van der Waals surface area contributed by atoms with Crippen LogP contribution in [0.4, 0.5) is 23.1 Å². The summed E-state index contributed by atoms with van der Waals surface area (Å²) in [5.41, 5.74) is 2.54. The lowest BCUT2D eigenvalue weighted by Gasteiger charge is -2.36. The zero-order chi connectivity index (χ0) is 19.3. The van der Waals surface area contributed by atoms with E-state index < -0.39 is 0 Å². The Hall–Kier alpha value is -3.30. The maximum absolute atomic E-state index is 9.03. The van der Waals surface area contributed by atoms with E-state index in [1.165, 1.54) is 0 Å². The van der Waals surface area contributed by atoms with Crippen molar-refractivity contribution in [1.82, 2.24) is 9.97 Å². The molecule has 1 aromatic heterocycles. The molecule has 0 amide bonds. The minimum absolute atomic E-state index is 0.518. The van der Waals surface area contributed by atoms with Gasteiger partial charge in [-0.15, -0.1) is 0 Å². The summed E-state index contributed by atoms with van der Waals surface area (Å²) >= 11 is 6.11. The fraction of sp³-hybridized carbons (Fsp3) is 0.190. The number of nitriles is 1. The predicted octanol–water partition coefficient (Wildman–Crippen LogP) is 4.07. The molecular weight excluding hydrogens is 372 g/mol. The van der Waals surface area contributed by atoms with Crippen LogP contribution >= 0.6 is 11.6 Å². The third kappa shape index (κ3) is 4.16.